The predicted octanol–water partition coefficient (Wildman–Crippen LogP) is 6.73. The van der Waals surface area contributed by atoms with Crippen molar-refractivity contribution in [2.24, 2.45) is 0 Å². The maximum Gasteiger partial charge on any atom is 0.146 e. The molecule has 0 fully saturated rings. The molecule has 0 aliphatic heterocycles. The van der Waals surface area contributed by atoms with Gasteiger partial charge in [0.15, 0.2) is 0 Å². The van der Waals surface area contributed by atoms with Crippen molar-refractivity contribution in [1.29, 1.82) is 0 Å². The highest BCUT2D eigenvalue weighted by atomic mass is 15.0. The van der Waals surface area contributed by atoms with Crippen LogP contribution < -0.4 is 0 Å². The van der Waals surface area contributed by atoms with Crippen LogP contribution >= 0.6 is 0 Å². The Bertz CT molecular complexity index is 2070. The van der Waals surface area contributed by atoms with Gasteiger partial charge in [0.2, 0.25) is 0 Å². The molecule has 162 valence electrons. The Hall–Kier alpha value is -4.57. The number of hydrogen-bond donors (Lipinski definition) is 0. The molecular formula is C31H18N4. The van der Waals surface area contributed by atoms with E-state index in [1.807, 2.05) is 24.7 Å². The molecule has 4 heterocycles. The zero-order valence-electron chi connectivity index (χ0n) is 18.8. The highest BCUT2D eigenvalue weighted by Gasteiger charge is 2.28. The van der Waals surface area contributed by atoms with E-state index in [0.717, 1.165) is 51.3 Å². The van der Waals surface area contributed by atoms with Gasteiger partial charge in [-0.1, -0.05) is 36.4 Å². The second kappa shape index (κ2) is 6.10. The van der Waals surface area contributed by atoms with E-state index < -0.39 is 0 Å². The standard InChI is InChI=1S/C31H18N4/c1-2-5-19-17(4-1)12-24-20(19)7-8-21-23-15-29-27(14-18(23)13-25(21)24)34-31-22-9-11-32-16-26(22)30-28(35(29)31)6-3-10-33-30/h1-11,14-16H,12-13H2. The summed E-state index contributed by atoms with van der Waals surface area (Å²) in [6, 6.07) is 24.3. The Balaban J connectivity index is 1.36. The van der Waals surface area contributed by atoms with Gasteiger partial charge in [0, 0.05) is 29.4 Å². The fourth-order valence-electron chi connectivity index (χ4n) is 6.47. The van der Waals surface area contributed by atoms with E-state index in [2.05, 4.69) is 70.0 Å². The first kappa shape index (κ1) is 17.8. The lowest BCUT2D eigenvalue weighted by Gasteiger charge is -2.09. The lowest BCUT2D eigenvalue weighted by atomic mass is 9.96. The molecule has 0 radical (unpaired) electrons. The molecule has 0 unspecified atom stereocenters. The van der Waals surface area contributed by atoms with Gasteiger partial charge in [-0.3, -0.25) is 14.4 Å². The molecule has 0 N–H and O–H groups in total. The third-order valence-corrected chi connectivity index (χ3v) is 7.99. The summed E-state index contributed by atoms with van der Waals surface area (Å²) in [5.74, 6) is 0. The van der Waals surface area contributed by atoms with Crippen LogP contribution in [0.4, 0.5) is 0 Å². The maximum absolute atomic E-state index is 5.15. The Kier molecular flexibility index (Phi) is 3.11. The van der Waals surface area contributed by atoms with Gasteiger partial charge in [0.1, 0.15) is 5.65 Å². The van der Waals surface area contributed by atoms with E-state index in [4.69, 9.17) is 9.97 Å². The average molecular weight is 447 g/mol. The maximum atomic E-state index is 5.15. The number of imidazole rings is 1. The number of fused-ring (bicyclic) bond motifs is 15. The van der Waals surface area contributed by atoms with Gasteiger partial charge >= 0.3 is 0 Å². The van der Waals surface area contributed by atoms with Crippen LogP contribution in [0.3, 0.4) is 0 Å². The van der Waals surface area contributed by atoms with Crippen molar-refractivity contribution in [3.63, 3.8) is 0 Å². The SMILES string of the molecule is c1ccc2c(c1)Cc1c-2ccc2c1Cc1cc3nc4c5ccncc5c5ncccc5n4c3cc1-2. The smallest absolute Gasteiger partial charge is 0.146 e. The van der Waals surface area contributed by atoms with E-state index in [1.54, 1.807) is 0 Å². The molecule has 0 bridgehead atoms. The molecule has 7 aromatic rings. The molecule has 0 saturated heterocycles. The summed E-state index contributed by atoms with van der Waals surface area (Å²) in [7, 11) is 0. The molecule has 0 amide bonds. The molecule has 4 aromatic heterocycles. The van der Waals surface area contributed by atoms with Gasteiger partial charge in [0.05, 0.1) is 22.1 Å². The van der Waals surface area contributed by atoms with E-state index in [1.165, 1.54) is 44.5 Å². The third-order valence-electron chi connectivity index (χ3n) is 7.99. The van der Waals surface area contributed by atoms with Crippen LogP contribution in [0.25, 0.3) is 60.7 Å². The molecule has 35 heavy (non-hydrogen) atoms. The van der Waals surface area contributed by atoms with Crippen LogP contribution in [0.2, 0.25) is 0 Å². The molecule has 0 spiro atoms. The van der Waals surface area contributed by atoms with Gasteiger partial charge in [-0.2, -0.15) is 0 Å². The second-order valence-electron chi connectivity index (χ2n) is 9.69. The normalized spacial score (nSPS) is 13.5. The van der Waals surface area contributed by atoms with Crippen LogP contribution in [-0.4, -0.2) is 19.4 Å². The van der Waals surface area contributed by atoms with Crippen molar-refractivity contribution in [2.45, 2.75) is 12.8 Å². The van der Waals surface area contributed by atoms with E-state index >= 15 is 0 Å². The van der Waals surface area contributed by atoms with Crippen molar-refractivity contribution >= 4 is 38.5 Å². The monoisotopic (exact) mass is 446 g/mol. The fourth-order valence-corrected chi connectivity index (χ4v) is 6.47. The first-order valence-corrected chi connectivity index (χ1v) is 12.0. The summed E-state index contributed by atoms with van der Waals surface area (Å²) in [6.45, 7) is 0. The minimum Gasteiger partial charge on any atom is -0.290 e. The first-order chi connectivity index (χ1) is 17.3. The number of rotatable bonds is 0. The summed E-state index contributed by atoms with van der Waals surface area (Å²) in [5, 5.41) is 2.12. The summed E-state index contributed by atoms with van der Waals surface area (Å²) >= 11 is 0. The van der Waals surface area contributed by atoms with Crippen LogP contribution in [0.15, 0.2) is 85.3 Å². The Morgan fingerprint density at radius 1 is 0.657 bits per heavy atom. The molecule has 4 nitrogen and oxygen atoms in total. The minimum atomic E-state index is 0.957. The van der Waals surface area contributed by atoms with E-state index in [0.29, 0.717) is 0 Å². The van der Waals surface area contributed by atoms with Crippen LogP contribution in [-0.2, 0) is 12.8 Å². The second-order valence-corrected chi connectivity index (χ2v) is 9.69. The minimum absolute atomic E-state index is 0.957. The van der Waals surface area contributed by atoms with Gasteiger partial charge in [-0.15, -0.1) is 0 Å². The highest BCUT2D eigenvalue weighted by molar-refractivity contribution is 6.12. The van der Waals surface area contributed by atoms with Crippen LogP contribution in [0.5, 0.6) is 0 Å². The zero-order valence-corrected chi connectivity index (χ0v) is 18.8. The third kappa shape index (κ3) is 2.15. The fraction of sp³-hybridized carbons (Fsp3) is 0.0645. The number of nitrogens with zero attached hydrogens (tertiary/aromatic N) is 4. The lowest BCUT2D eigenvalue weighted by Crippen LogP contribution is -1.93. The molecule has 9 rings (SSSR count). The average Bonchev–Trinajstić information content (AvgIpc) is 3.58. The van der Waals surface area contributed by atoms with Gasteiger partial charge < -0.3 is 0 Å². The molecule has 0 atom stereocenters. The van der Waals surface area contributed by atoms with Crippen molar-refractivity contribution in [3.05, 3.63) is 108 Å². The first-order valence-electron chi connectivity index (χ1n) is 12.0. The molecule has 2 aliphatic rings. The number of benzene rings is 3. The summed E-state index contributed by atoms with van der Waals surface area (Å²) in [6.07, 6.45) is 7.59. The van der Waals surface area contributed by atoms with Crippen molar-refractivity contribution in [3.8, 4) is 22.3 Å². The van der Waals surface area contributed by atoms with Crippen LogP contribution in [0.1, 0.15) is 22.3 Å². The van der Waals surface area contributed by atoms with Crippen molar-refractivity contribution in [1.82, 2.24) is 19.4 Å². The molecule has 3 aromatic carbocycles. The van der Waals surface area contributed by atoms with E-state index in [9.17, 15) is 0 Å². The van der Waals surface area contributed by atoms with Crippen molar-refractivity contribution in [2.75, 3.05) is 0 Å². The summed E-state index contributed by atoms with van der Waals surface area (Å²) < 4.78 is 2.28. The summed E-state index contributed by atoms with van der Waals surface area (Å²) in [5.41, 5.74) is 16.4. The highest BCUT2D eigenvalue weighted by Crippen LogP contribution is 2.47. The molecular weight excluding hydrogens is 428 g/mol. The number of aromatic nitrogens is 4. The largest absolute Gasteiger partial charge is 0.290 e. The topological polar surface area (TPSA) is 43.1 Å². The Labute approximate surface area is 200 Å². The van der Waals surface area contributed by atoms with Crippen molar-refractivity contribution < 1.29 is 0 Å². The summed E-state index contributed by atoms with van der Waals surface area (Å²) in [4.78, 5) is 14.2. The van der Waals surface area contributed by atoms with Gasteiger partial charge in [-0.05, 0) is 87.7 Å². The zero-order chi connectivity index (χ0) is 22.7. The van der Waals surface area contributed by atoms with Gasteiger partial charge in [-0.25, -0.2) is 4.98 Å². The number of pyridine rings is 3. The molecule has 0 saturated carbocycles. The van der Waals surface area contributed by atoms with Crippen LogP contribution in [0, 0.1) is 0 Å². The predicted molar refractivity (Wildman–Crippen MR) is 140 cm³/mol. The lowest BCUT2D eigenvalue weighted by molar-refractivity contribution is 1.16. The van der Waals surface area contributed by atoms with E-state index in [-0.39, 0.29) is 0 Å². The Morgan fingerprint density at radius 2 is 1.51 bits per heavy atom. The number of hydrogen-bond acceptors (Lipinski definition) is 3. The van der Waals surface area contributed by atoms with Gasteiger partial charge in [0.25, 0.3) is 0 Å². The molecule has 4 heteroatoms. The Morgan fingerprint density at radius 3 is 2.46 bits per heavy atom. The molecule has 2 aliphatic carbocycles. The quantitative estimate of drug-likeness (QED) is 0.243.